The van der Waals surface area contributed by atoms with E-state index in [1.165, 1.54) is 5.56 Å². The van der Waals surface area contributed by atoms with Crippen LogP contribution in [0.15, 0.2) is 82.0 Å². The average molecular weight is 470 g/mol. The molecule has 0 bridgehead atoms. The molecular weight excluding hydrogens is 450 g/mol. The van der Waals surface area contributed by atoms with Crippen LogP contribution in [0.25, 0.3) is 0 Å². The number of hydrogen-bond donors (Lipinski definition) is 1. The fraction of sp³-hybridized carbons (Fsp3) is 0.240. The van der Waals surface area contributed by atoms with Gasteiger partial charge in [0.05, 0.1) is 23.4 Å². The maximum absolute atomic E-state index is 10.2. The number of nitriles is 3. The molecule has 0 radical (unpaired) electrons. The van der Waals surface area contributed by atoms with Crippen molar-refractivity contribution in [2.24, 2.45) is 17.1 Å². The molecule has 6 heteroatoms. The molecule has 2 atom stereocenters. The number of nitrogens with zero attached hydrogens (tertiary/aromatic N) is 4. The van der Waals surface area contributed by atoms with Crippen molar-refractivity contribution in [3.8, 4) is 18.2 Å². The zero-order chi connectivity index (χ0) is 22.0. The Morgan fingerprint density at radius 3 is 2.32 bits per heavy atom. The highest BCUT2D eigenvalue weighted by atomic mass is 79.9. The zero-order valence-electron chi connectivity index (χ0n) is 16.8. The molecule has 0 amide bonds. The lowest BCUT2D eigenvalue weighted by molar-refractivity contribution is 0.201. The molecule has 2 aliphatic rings. The summed E-state index contributed by atoms with van der Waals surface area (Å²) in [5, 5.41) is 30.2. The van der Waals surface area contributed by atoms with E-state index in [1.807, 2.05) is 48.5 Å². The molecule has 152 valence electrons. The lowest BCUT2D eigenvalue weighted by Gasteiger charge is -2.45. The zero-order valence-corrected chi connectivity index (χ0v) is 18.4. The first-order valence-corrected chi connectivity index (χ1v) is 10.8. The Morgan fingerprint density at radius 2 is 1.71 bits per heavy atom. The van der Waals surface area contributed by atoms with Gasteiger partial charge in [0.25, 0.3) is 0 Å². The molecule has 2 aromatic carbocycles. The van der Waals surface area contributed by atoms with Gasteiger partial charge in [0.15, 0.2) is 5.41 Å². The summed E-state index contributed by atoms with van der Waals surface area (Å²) in [4.78, 5) is 2.28. The monoisotopic (exact) mass is 469 g/mol. The lowest BCUT2D eigenvalue weighted by atomic mass is 9.58. The summed E-state index contributed by atoms with van der Waals surface area (Å²) in [5.41, 5.74) is 8.00. The Morgan fingerprint density at radius 1 is 1.03 bits per heavy atom. The molecular formula is C25H20BrN5. The largest absolute Gasteiger partial charge is 0.399 e. The van der Waals surface area contributed by atoms with Crippen molar-refractivity contribution < 1.29 is 0 Å². The summed E-state index contributed by atoms with van der Waals surface area (Å²) in [5.74, 6) is -0.669. The van der Waals surface area contributed by atoms with Crippen molar-refractivity contribution in [2.45, 2.75) is 12.5 Å². The normalized spacial score (nSPS) is 22.5. The SMILES string of the molecule is N#CC1=C(N)C(C#N)(C#N)C(c2ccc(Br)cc2)C2CN(Cc3ccccc3)CC=C12. The molecule has 2 N–H and O–H groups in total. The Kier molecular flexibility index (Phi) is 5.66. The van der Waals surface area contributed by atoms with Gasteiger partial charge in [-0.2, -0.15) is 15.8 Å². The number of hydrogen-bond acceptors (Lipinski definition) is 5. The van der Waals surface area contributed by atoms with E-state index in [1.54, 1.807) is 0 Å². The van der Waals surface area contributed by atoms with Crippen LogP contribution >= 0.6 is 15.9 Å². The van der Waals surface area contributed by atoms with E-state index >= 15 is 0 Å². The molecule has 1 heterocycles. The number of benzene rings is 2. The van der Waals surface area contributed by atoms with Crippen molar-refractivity contribution in [1.29, 1.82) is 15.8 Å². The highest BCUT2D eigenvalue weighted by Crippen LogP contribution is 2.54. The number of nitrogens with two attached hydrogens (primary N) is 1. The van der Waals surface area contributed by atoms with E-state index in [-0.39, 0.29) is 17.2 Å². The molecule has 2 aromatic rings. The van der Waals surface area contributed by atoms with Gasteiger partial charge in [-0.3, -0.25) is 4.90 Å². The molecule has 0 saturated carbocycles. The van der Waals surface area contributed by atoms with Crippen LogP contribution < -0.4 is 5.73 Å². The van der Waals surface area contributed by atoms with Crippen LogP contribution in [0.4, 0.5) is 0 Å². The second-order valence-corrected chi connectivity index (χ2v) is 8.82. The molecule has 4 rings (SSSR count). The minimum Gasteiger partial charge on any atom is -0.399 e. The molecule has 5 nitrogen and oxygen atoms in total. The first-order valence-electron chi connectivity index (χ1n) is 9.99. The fourth-order valence-corrected chi connectivity index (χ4v) is 5.02. The molecule has 0 saturated heterocycles. The Labute approximate surface area is 190 Å². The smallest absolute Gasteiger partial charge is 0.191 e. The average Bonchev–Trinajstić information content (AvgIpc) is 2.80. The maximum atomic E-state index is 10.2. The molecule has 2 unspecified atom stereocenters. The first kappa shape index (κ1) is 20.9. The topological polar surface area (TPSA) is 101 Å². The number of rotatable bonds is 3. The molecule has 0 fully saturated rings. The van der Waals surface area contributed by atoms with Gasteiger partial charge in [-0.25, -0.2) is 0 Å². The van der Waals surface area contributed by atoms with Crippen molar-refractivity contribution in [2.75, 3.05) is 13.1 Å². The van der Waals surface area contributed by atoms with Gasteiger partial charge in [-0.05, 0) is 28.8 Å². The second kappa shape index (κ2) is 8.40. The highest BCUT2D eigenvalue weighted by molar-refractivity contribution is 9.10. The van der Waals surface area contributed by atoms with Crippen LogP contribution in [0.2, 0.25) is 0 Å². The minimum atomic E-state index is -1.60. The molecule has 1 aliphatic carbocycles. The predicted molar refractivity (Wildman–Crippen MR) is 121 cm³/mol. The van der Waals surface area contributed by atoms with Crippen molar-refractivity contribution in [3.05, 3.63) is 93.1 Å². The first-order chi connectivity index (χ1) is 15.0. The van der Waals surface area contributed by atoms with Crippen LogP contribution in [0.5, 0.6) is 0 Å². The summed E-state index contributed by atoms with van der Waals surface area (Å²) in [7, 11) is 0. The quantitative estimate of drug-likeness (QED) is 0.718. The summed E-state index contributed by atoms with van der Waals surface area (Å²) in [6.07, 6.45) is 2.03. The number of halogens is 1. The standard InChI is InChI=1S/C25H20BrN5/c26-19-8-6-18(7-9-19)23-22-14-31(13-17-4-2-1-3-5-17)11-10-20(22)21(12-27)24(30)25(23,15-28)16-29/h1-10,22-23H,11,13-14,30H2. The van der Waals surface area contributed by atoms with E-state index in [9.17, 15) is 15.8 Å². The number of allylic oxidation sites excluding steroid dienone is 2. The predicted octanol–water partition coefficient (Wildman–Crippen LogP) is 4.37. The third-order valence-electron chi connectivity index (χ3n) is 6.22. The van der Waals surface area contributed by atoms with Gasteiger partial charge in [0.2, 0.25) is 0 Å². The summed E-state index contributed by atoms with van der Waals surface area (Å²) < 4.78 is 0.915. The third kappa shape index (κ3) is 3.53. The third-order valence-corrected chi connectivity index (χ3v) is 6.75. The summed E-state index contributed by atoms with van der Waals surface area (Å²) in [6.45, 7) is 2.06. The van der Waals surface area contributed by atoms with Crippen LogP contribution in [-0.4, -0.2) is 18.0 Å². The molecule has 31 heavy (non-hydrogen) atoms. The van der Waals surface area contributed by atoms with Crippen LogP contribution in [0.1, 0.15) is 17.0 Å². The maximum Gasteiger partial charge on any atom is 0.191 e. The van der Waals surface area contributed by atoms with E-state index in [0.29, 0.717) is 13.1 Å². The van der Waals surface area contributed by atoms with Gasteiger partial charge in [0, 0.05) is 35.9 Å². The van der Waals surface area contributed by atoms with E-state index in [4.69, 9.17) is 5.73 Å². The van der Waals surface area contributed by atoms with E-state index in [0.717, 1.165) is 22.2 Å². The Bertz CT molecular complexity index is 1160. The second-order valence-electron chi connectivity index (χ2n) is 7.91. The lowest BCUT2D eigenvalue weighted by Crippen LogP contribution is -2.47. The van der Waals surface area contributed by atoms with Gasteiger partial charge in [-0.15, -0.1) is 0 Å². The van der Waals surface area contributed by atoms with Gasteiger partial charge < -0.3 is 5.73 Å². The molecule has 0 aromatic heterocycles. The molecule has 1 aliphatic heterocycles. The number of fused-ring (bicyclic) bond motifs is 1. The Hall–Kier alpha value is -3.37. The highest BCUT2D eigenvalue weighted by Gasteiger charge is 2.54. The van der Waals surface area contributed by atoms with Crippen molar-refractivity contribution in [1.82, 2.24) is 4.90 Å². The minimum absolute atomic E-state index is 0.0620. The van der Waals surface area contributed by atoms with E-state index in [2.05, 4.69) is 51.2 Å². The van der Waals surface area contributed by atoms with Crippen LogP contribution in [0, 0.1) is 45.3 Å². The Balaban J connectivity index is 1.84. The van der Waals surface area contributed by atoms with E-state index < -0.39 is 11.3 Å². The summed E-state index contributed by atoms with van der Waals surface area (Å²) in [6, 6.07) is 24.4. The summed E-state index contributed by atoms with van der Waals surface area (Å²) >= 11 is 3.45. The fourth-order valence-electron chi connectivity index (χ4n) is 4.76. The van der Waals surface area contributed by atoms with Crippen molar-refractivity contribution >= 4 is 15.9 Å². The molecule has 0 spiro atoms. The van der Waals surface area contributed by atoms with Crippen LogP contribution in [-0.2, 0) is 6.54 Å². The van der Waals surface area contributed by atoms with Gasteiger partial charge in [0.1, 0.15) is 6.07 Å². The van der Waals surface area contributed by atoms with Crippen LogP contribution in [0.3, 0.4) is 0 Å². The van der Waals surface area contributed by atoms with Gasteiger partial charge in [-0.1, -0.05) is 64.5 Å². The van der Waals surface area contributed by atoms with Gasteiger partial charge >= 0.3 is 0 Å². The van der Waals surface area contributed by atoms with Crippen molar-refractivity contribution in [3.63, 3.8) is 0 Å².